The number of aliphatic hydroxyl groups is 1. The van der Waals surface area contributed by atoms with Gasteiger partial charge >= 0.3 is 6.03 Å². The Balaban J connectivity index is 2.17. The Kier molecular flexibility index (Phi) is 4.86. The second-order valence-electron chi connectivity index (χ2n) is 5.60. The molecule has 2 rings (SSSR count). The van der Waals surface area contributed by atoms with Crippen molar-refractivity contribution in [1.82, 2.24) is 9.80 Å². The van der Waals surface area contributed by atoms with Crippen LogP contribution in [0.25, 0.3) is 6.08 Å². The number of rotatable bonds is 3. The van der Waals surface area contributed by atoms with Gasteiger partial charge < -0.3 is 10.0 Å². The largest absolute Gasteiger partial charge is 0.378 e. The van der Waals surface area contributed by atoms with Crippen LogP contribution in [0.5, 0.6) is 0 Å². The van der Waals surface area contributed by atoms with E-state index in [1.54, 1.807) is 6.08 Å². The van der Waals surface area contributed by atoms with Gasteiger partial charge in [0.25, 0.3) is 5.91 Å². The van der Waals surface area contributed by atoms with Crippen molar-refractivity contribution < 1.29 is 14.7 Å². The van der Waals surface area contributed by atoms with Crippen molar-refractivity contribution in [3.05, 3.63) is 47.6 Å². The van der Waals surface area contributed by atoms with Crippen LogP contribution >= 0.6 is 0 Å². The number of amides is 3. The molecule has 1 aliphatic rings. The van der Waals surface area contributed by atoms with Crippen molar-refractivity contribution in [2.45, 2.75) is 6.23 Å². The first kappa shape index (κ1) is 16.8. The third-order valence-electron chi connectivity index (χ3n) is 3.76. The van der Waals surface area contributed by atoms with Gasteiger partial charge in [0, 0.05) is 33.9 Å². The highest BCUT2D eigenvalue weighted by Crippen LogP contribution is 2.19. The predicted octanol–water partition coefficient (Wildman–Crippen LogP) is 1.53. The summed E-state index contributed by atoms with van der Waals surface area (Å²) in [5, 5.41) is 10.0. The average molecular weight is 315 g/mol. The van der Waals surface area contributed by atoms with Crippen LogP contribution in [0.3, 0.4) is 0 Å². The maximum atomic E-state index is 12.1. The van der Waals surface area contributed by atoms with E-state index in [4.69, 9.17) is 0 Å². The number of hydrogen-bond acceptors (Lipinski definition) is 4. The molecule has 1 aromatic carbocycles. The lowest BCUT2D eigenvalue weighted by Crippen LogP contribution is -2.55. The standard InChI is InChI=1S/C17H21N3O3/c1-18(2)13-10-8-12(9-11-13)6-5-7-14-15(21)19(3)17(23)20(4)16(14)22/h5-11,15,21H,1-4H3/b6-5+,14-7+. The van der Waals surface area contributed by atoms with Crippen molar-refractivity contribution in [2.24, 2.45) is 0 Å². The number of imide groups is 1. The highest BCUT2D eigenvalue weighted by atomic mass is 16.3. The molecular weight excluding hydrogens is 294 g/mol. The molecule has 3 amide bonds. The molecule has 1 saturated heterocycles. The molecule has 23 heavy (non-hydrogen) atoms. The van der Waals surface area contributed by atoms with Gasteiger partial charge in [-0.25, -0.2) is 4.79 Å². The van der Waals surface area contributed by atoms with Crippen LogP contribution < -0.4 is 4.90 Å². The van der Waals surface area contributed by atoms with E-state index in [0.717, 1.165) is 21.1 Å². The molecule has 0 bridgehead atoms. The van der Waals surface area contributed by atoms with Gasteiger partial charge in [-0.15, -0.1) is 0 Å². The zero-order valence-electron chi connectivity index (χ0n) is 13.7. The number of benzene rings is 1. The van der Waals surface area contributed by atoms with E-state index in [1.807, 2.05) is 49.3 Å². The van der Waals surface area contributed by atoms with E-state index in [1.165, 1.54) is 20.2 Å². The molecule has 6 nitrogen and oxygen atoms in total. The second-order valence-corrected chi connectivity index (χ2v) is 5.60. The summed E-state index contributed by atoms with van der Waals surface area (Å²) in [4.78, 5) is 27.9. The van der Waals surface area contributed by atoms with E-state index >= 15 is 0 Å². The summed E-state index contributed by atoms with van der Waals surface area (Å²) < 4.78 is 0. The summed E-state index contributed by atoms with van der Waals surface area (Å²) in [5.74, 6) is -0.492. The maximum absolute atomic E-state index is 12.1. The topological polar surface area (TPSA) is 64.1 Å². The number of nitrogens with zero attached hydrogens (tertiary/aromatic N) is 3. The van der Waals surface area contributed by atoms with Crippen LogP contribution in [0.2, 0.25) is 0 Å². The molecule has 1 unspecified atom stereocenters. The molecule has 0 saturated carbocycles. The van der Waals surface area contributed by atoms with Gasteiger partial charge in [-0.1, -0.05) is 24.3 Å². The average Bonchev–Trinajstić information content (AvgIpc) is 2.54. The molecule has 1 atom stereocenters. The van der Waals surface area contributed by atoms with Gasteiger partial charge in [0.05, 0.1) is 5.57 Å². The summed E-state index contributed by atoms with van der Waals surface area (Å²) in [5.41, 5.74) is 2.24. The van der Waals surface area contributed by atoms with Crippen LogP contribution in [0, 0.1) is 0 Å². The minimum Gasteiger partial charge on any atom is -0.378 e. The summed E-state index contributed by atoms with van der Waals surface area (Å²) >= 11 is 0. The number of hydrogen-bond donors (Lipinski definition) is 1. The number of aliphatic hydroxyl groups excluding tert-OH is 1. The van der Waals surface area contributed by atoms with Gasteiger partial charge in [0.1, 0.15) is 0 Å². The van der Waals surface area contributed by atoms with Crippen molar-refractivity contribution >= 4 is 23.7 Å². The fraction of sp³-hybridized carbons (Fsp3) is 0.294. The summed E-state index contributed by atoms with van der Waals surface area (Å²) in [6.07, 6.45) is 3.83. The SMILES string of the molecule is CN1C(=O)/C(=C/C=C/c2ccc(N(C)C)cc2)C(O)N(C)C1=O. The number of urea groups is 1. The van der Waals surface area contributed by atoms with Gasteiger partial charge in [0.2, 0.25) is 0 Å². The van der Waals surface area contributed by atoms with Crippen LogP contribution in [-0.2, 0) is 4.79 Å². The normalized spacial score (nSPS) is 20.7. The van der Waals surface area contributed by atoms with Crippen LogP contribution in [0.15, 0.2) is 42.0 Å². The lowest BCUT2D eigenvalue weighted by molar-refractivity contribution is -0.128. The smallest absolute Gasteiger partial charge is 0.328 e. The van der Waals surface area contributed by atoms with Crippen molar-refractivity contribution in [2.75, 3.05) is 33.1 Å². The van der Waals surface area contributed by atoms with Gasteiger partial charge in [-0.3, -0.25) is 14.6 Å². The quantitative estimate of drug-likeness (QED) is 0.859. The van der Waals surface area contributed by atoms with E-state index in [2.05, 4.69) is 0 Å². The molecule has 6 heteroatoms. The zero-order valence-corrected chi connectivity index (χ0v) is 13.7. The van der Waals surface area contributed by atoms with Crippen LogP contribution in [-0.4, -0.2) is 61.3 Å². The first-order valence-electron chi connectivity index (χ1n) is 7.21. The Morgan fingerprint density at radius 3 is 2.30 bits per heavy atom. The summed E-state index contributed by atoms with van der Waals surface area (Å²) in [6, 6.07) is 7.39. The Bertz CT molecular complexity index is 662. The molecule has 1 fully saturated rings. The highest BCUT2D eigenvalue weighted by Gasteiger charge is 2.37. The second kappa shape index (κ2) is 6.66. The third kappa shape index (κ3) is 3.43. The number of anilines is 1. The Morgan fingerprint density at radius 2 is 1.74 bits per heavy atom. The van der Waals surface area contributed by atoms with E-state index in [-0.39, 0.29) is 5.57 Å². The molecule has 1 aliphatic heterocycles. The number of allylic oxidation sites excluding steroid dienone is 2. The van der Waals surface area contributed by atoms with E-state index < -0.39 is 18.2 Å². The fourth-order valence-corrected chi connectivity index (χ4v) is 2.24. The highest BCUT2D eigenvalue weighted by molar-refractivity contribution is 6.07. The number of carbonyl (C=O) groups is 2. The number of likely N-dealkylation sites (N-methyl/N-ethyl adjacent to an activating group) is 2. The molecule has 0 spiro atoms. The van der Waals surface area contributed by atoms with Gasteiger partial charge in [0.15, 0.2) is 6.23 Å². The molecule has 1 aromatic rings. The molecule has 1 heterocycles. The maximum Gasteiger partial charge on any atom is 0.328 e. The lowest BCUT2D eigenvalue weighted by atomic mass is 10.1. The van der Waals surface area contributed by atoms with E-state index in [9.17, 15) is 14.7 Å². The first-order chi connectivity index (χ1) is 10.8. The molecule has 0 radical (unpaired) electrons. The molecule has 122 valence electrons. The van der Waals surface area contributed by atoms with Crippen LogP contribution in [0.4, 0.5) is 10.5 Å². The van der Waals surface area contributed by atoms with Crippen molar-refractivity contribution in [3.63, 3.8) is 0 Å². The van der Waals surface area contributed by atoms with E-state index in [0.29, 0.717) is 0 Å². The molecule has 1 N–H and O–H groups in total. The van der Waals surface area contributed by atoms with Gasteiger partial charge in [-0.05, 0) is 23.8 Å². The lowest BCUT2D eigenvalue weighted by Gasteiger charge is -2.34. The Labute approximate surface area is 135 Å². The molecule has 0 aliphatic carbocycles. The first-order valence-corrected chi connectivity index (χ1v) is 7.21. The zero-order chi connectivity index (χ0) is 17.1. The summed E-state index contributed by atoms with van der Waals surface area (Å²) in [7, 11) is 6.79. The van der Waals surface area contributed by atoms with Gasteiger partial charge in [-0.2, -0.15) is 0 Å². The molecule has 0 aromatic heterocycles. The number of carbonyl (C=O) groups excluding carboxylic acids is 2. The minimum absolute atomic E-state index is 0.163. The third-order valence-corrected chi connectivity index (χ3v) is 3.76. The molecular formula is C17H21N3O3. The fourth-order valence-electron chi connectivity index (χ4n) is 2.24. The van der Waals surface area contributed by atoms with Crippen molar-refractivity contribution in [1.29, 1.82) is 0 Å². The van der Waals surface area contributed by atoms with Crippen LogP contribution in [0.1, 0.15) is 5.56 Å². The summed E-state index contributed by atoms with van der Waals surface area (Å²) in [6.45, 7) is 0. The minimum atomic E-state index is -1.23. The monoisotopic (exact) mass is 315 g/mol. The Hall–Kier alpha value is -2.60. The predicted molar refractivity (Wildman–Crippen MR) is 89.8 cm³/mol. The Morgan fingerprint density at radius 1 is 1.13 bits per heavy atom. The van der Waals surface area contributed by atoms with Crippen molar-refractivity contribution in [3.8, 4) is 0 Å².